The summed E-state index contributed by atoms with van der Waals surface area (Å²) in [7, 11) is 0. The van der Waals surface area contributed by atoms with Crippen molar-refractivity contribution in [2.75, 3.05) is 0 Å². The molecular formula is C9H17S. The van der Waals surface area contributed by atoms with Gasteiger partial charge in [-0.2, -0.15) is 0 Å². The highest BCUT2D eigenvalue weighted by molar-refractivity contribution is 7.78. The molecule has 0 aliphatic rings. The summed E-state index contributed by atoms with van der Waals surface area (Å²) in [6.07, 6.45) is 9.08. The highest BCUT2D eigenvalue weighted by Crippen LogP contribution is 2.05. The van der Waals surface area contributed by atoms with Crippen LogP contribution in [0.5, 0.6) is 0 Å². The first-order valence-electron chi connectivity index (χ1n) is 4.26. The molecule has 0 fully saturated rings. The quantitative estimate of drug-likeness (QED) is 0.402. The fourth-order valence-electron chi connectivity index (χ4n) is 0.977. The molecule has 0 aliphatic heterocycles. The van der Waals surface area contributed by atoms with Crippen LogP contribution in [0.2, 0.25) is 0 Å². The van der Waals surface area contributed by atoms with Crippen molar-refractivity contribution in [2.45, 2.75) is 51.9 Å². The van der Waals surface area contributed by atoms with E-state index in [9.17, 15) is 0 Å². The molecule has 1 radical (unpaired) electrons. The summed E-state index contributed by atoms with van der Waals surface area (Å²) < 4.78 is 0. The van der Waals surface area contributed by atoms with Crippen molar-refractivity contribution < 1.29 is 0 Å². The van der Waals surface area contributed by atoms with Crippen LogP contribution in [-0.2, 0) is 0 Å². The lowest BCUT2D eigenvalue weighted by Gasteiger charge is -1.96. The number of unbranched alkanes of at least 4 members (excludes halogenated alkanes) is 6. The van der Waals surface area contributed by atoms with E-state index in [0.717, 1.165) is 6.42 Å². The minimum atomic E-state index is 1.00. The molecule has 0 spiro atoms. The number of hydrogen-bond donors (Lipinski definition) is 0. The zero-order valence-corrected chi connectivity index (χ0v) is 7.67. The van der Waals surface area contributed by atoms with Gasteiger partial charge in [0.2, 0.25) is 0 Å². The van der Waals surface area contributed by atoms with Gasteiger partial charge in [-0.25, -0.2) is 0 Å². The molecule has 0 nitrogen and oxygen atoms in total. The molecule has 0 atom stereocenters. The lowest BCUT2D eigenvalue weighted by Crippen LogP contribution is -1.78. The summed E-state index contributed by atoms with van der Waals surface area (Å²) in [5, 5.41) is 2.74. The largest absolute Gasteiger partial charge is 0.0837 e. The summed E-state index contributed by atoms with van der Waals surface area (Å²) in [6, 6.07) is 0. The second-order valence-electron chi connectivity index (χ2n) is 2.66. The zero-order valence-electron chi connectivity index (χ0n) is 6.86. The van der Waals surface area contributed by atoms with Gasteiger partial charge in [0.05, 0.1) is 0 Å². The van der Waals surface area contributed by atoms with Crippen LogP contribution in [0.25, 0.3) is 0 Å². The third-order valence-corrected chi connectivity index (χ3v) is 1.84. The lowest BCUT2D eigenvalue weighted by molar-refractivity contribution is 0.617. The van der Waals surface area contributed by atoms with Crippen molar-refractivity contribution in [1.82, 2.24) is 0 Å². The monoisotopic (exact) mass is 157 g/mol. The average Bonchev–Trinajstić information content (AvgIpc) is 1.97. The Labute approximate surface area is 70.0 Å². The summed E-state index contributed by atoms with van der Waals surface area (Å²) >= 11 is 4.60. The van der Waals surface area contributed by atoms with E-state index in [-0.39, 0.29) is 0 Å². The molecule has 0 aromatic carbocycles. The first-order valence-corrected chi connectivity index (χ1v) is 4.67. The fraction of sp³-hybridized carbons (Fsp3) is 0.889. The summed E-state index contributed by atoms with van der Waals surface area (Å²) in [5.74, 6) is 0. The van der Waals surface area contributed by atoms with Gasteiger partial charge in [0.15, 0.2) is 0 Å². The van der Waals surface area contributed by atoms with Crippen LogP contribution in [0.3, 0.4) is 0 Å². The van der Waals surface area contributed by atoms with E-state index in [0.29, 0.717) is 0 Å². The number of rotatable bonds is 7. The van der Waals surface area contributed by atoms with E-state index in [2.05, 4.69) is 24.5 Å². The zero-order chi connectivity index (χ0) is 7.66. The maximum absolute atomic E-state index is 4.60. The maximum Gasteiger partial charge on any atom is 0.0291 e. The van der Waals surface area contributed by atoms with Crippen LogP contribution >= 0.6 is 12.2 Å². The van der Waals surface area contributed by atoms with Gasteiger partial charge in [-0.3, -0.25) is 0 Å². The van der Waals surface area contributed by atoms with Crippen molar-refractivity contribution in [2.24, 2.45) is 0 Å². The summed E-state index contributed by atoms with van der Waals surface area (Å²) in [6.45, 7) is 2.24. The molecule has 1 heteroatoms. The van der Waals surface area contributed by atoms with Gasteiger partial charge >= 0.3 is 0 Å². The van der Waals surface area contributed by atoms with E-state index >= 15 is 0 Å². The van der Waals surface area contributed by atoms with Crippen LogP contribution in [0, 0.1) is 0 Å². The minimum Gasteiger partial charge on any atom is -0.0837 e. The van der Waals surface area contributed by atoms with Crippen molar-refractivity contribution >= 4 is 17.6 Å². The van der Waals surface area contributed by atoms with E-state index in [1.54, 1.807) is 0 Å². The number of hydrogen-bond acceptors (Lipinski definition) is 1. The number of thiocarbonyl (C=S) groups is 1. The van der Waals surface area contributed by atoms with E-state index in [1.807, 2.05) is 0 Å². The average molecular weight is 157 g/mol. The first-order chi connectivity index (χ1) is 4.91. The Kier molecular flexibility index (Phi) is 9.17. The van der Waals surface area contributed by atoms with Crippen LogP contribution < -0.4 is 0 Å². The maximum atomic E-state index is 4.60. The Morgan fingerprint density at radius 2 is 1.60 bits per heavy atom. The highest BCUT2D eigenvalue weighted by Gasteiger charge is 1.87. The molecule has 0 heterocycles. The van der Waals surface area contributed by atoms with Crippen molar-refractivity contribution in [1.29, 1.82) is 0 Å². The molecule has 0 amide bonds. The standard InChI is InChI=1S/C9H17S/c1-2-3-4-5-6-7-8-9-10/h2-8H2,1H3. The van der Waals surface area contributed by atoms with E-state index in [4.69, 9.17) is 0 Å². The fourth-order valence-corrected chi connectivity index (χ4v) is 1.12. The Morgan fingerprint density at radius 3 is 2.20 bits per heavy atom. The molecular weight excluding hydrogens is 140 g/mol. The normalized spacial score (nSPS) is 9.70. The molecule has 10 heavy (non-hydrogen) atoms. The lowest BCUT2D eigenvalue weighted by atomic mass is 10.1. The Balaban J connectivity index is 2.70. The Bertz CT molecular complexity index is 69.1. The summed E-state index contributed by atoms with van der Waals surface area (Å²) in [5.41, 5.74) is 0. The molecule has 0 unspecified atom stereocenters. The predicted octanol–water partition coefficient (Wildman–Crippen LogP) is 3.61. The SMILES string of the molecule is CCCCCCCC[C]=S. The Morgan fingerprint density at radius 1 is 1.00 bits per heavy atom. The van der Waals surface area contributed by atoms with Crippen molar-refractivity contribution in [3.05, 3.63) is 0 Å². The molecule has 0 aromatic heterocycles. The third kappa shape index (κ3) is 8.09. The van der Waals surface area contributed by atoms with E-state index in [1.165, 1.54) is 38.5 Å². The third-order valence-electron chi connectivity index (χ3n) is 1.63. The Hall–Kier alpha value is 0.0900. The smallest absolute Gasteiger partial charge is 0.0291 e. The molecule has 0 saturated carbocycles. The van der Waals surface area contributed by atoms with Gasteiger partial charge in [-0.1, -0.05) is 51.2 Å². The van der Waals surface area contributed by atoms with E-state index < -0.39 is 0 Å². The van der Waals surface area contributed by atoms with Gasteiger partial charge in [0.1, 0.15) is 0 Å². The molecule has 0 N–H and O–H groups in total. The second-order valence-corrected chi connectivity index (χ2v) is 2.95. The second kappa shape index (κ2) is 9.09. The molecule has 59 valence electrons. The molecule has 0 rings (SSSR count). The van der Waals surface area contributed by atoms with Crippen LogP contribution in [0.4, 0.5) is 0 Å². The summed E-state index contributed by atoms with van der Waals surface area (Å²) in [4.78, 5) is 0. The van der Waals surface area contributed by atoms with Gasteiger partial charge < -0.3 is 0 Å². The first kappa shape index (κ1) is 10.1. The molecule has 0 aliphatic carbocycles. The van der Waals surface area contributed by atoms with Crippen LogP contribution in [0.1, 0.15) is 51.9 Å². The van der Waals surface area contributed by atoms with Crippen molar-refractivity contribution in [3.8, 4) is 0 Å². The topological polar surface area (TPSA) is 0 Å². The predicted molar refractivity (Wildman–Crippen MR) is 50.6 cm³/mol. The minimum absolute atomic E-state index is 1.00. The highest BCUT2D eigenvalue weighted by atomic mass is 32.1. The molecule has 0 aromatic rings. The van der Waals surface area contributed by atoms with Gasteiger partial charge in [-0.05, 0) is 12.8 Å². The van der Waals surface area contributed by atoms with Crippen molar-refractivity contribution in [3.63, 3.8) is 0 Å². The molecule has 0 bridgehead atoms. The van der Waals surface area contributed by atoms with Gasteiger partial charge in [0.25, 0.3) is 0 Å². The van der Waals surface area contributed by atoms with Crippen LogP contribution in [-0.4, -0.2) is 5.37 Å². The van der Waals surface area contributed by atoms with Crippen LogP contribution in [0.15, 0.2) is 0 Å². The van der Waals surface area contributed by atoms with Gasteiger partial charge in [-0.15, -0.1) is 0 Å². The van der Waals surface area contributed by atoms with Gasteiger partial charge in [0, 0.05) is 5.37 Å². The molecule has 0 saturated heterocycles.